The van der Waals surface area contributed by atoms with Gasteiger partial charge in [-0.1, -0.05) is 0 Å². The Morgan fingerprint density at radius 2 is 1.64 bits per heavy atom. The molecule has 0 aromatic rings. The smallest absolute Gasteiger partial charge is 0.302 e. The van der Waals surface area contributed by atoms with E-state index in [2.05, 4.69) is 4.18 Å². The van der Waals surface area contributed by atoms with Crippen LogP contribution in [0.3, 0.4) is 0 Å². The SMILES string of the molecule is CC(C)(O)C(C)(C)OS(=O)O. The lowest BCUT2D eigenvalue weighted by Gasteiger charge is -2.34. The molecule has 0 rings (SSSR count). The molecule has 0 aliphatic heterocycles. The van der Waals surface area contributed by atoms with Gasteiger partial charge >= 0.3 is 11.4 Å². The first-order chi connectivity index (χ1) is 4.67. The summed E-state index contributed by atoms with van der Waals surface area (Å²) >= 11 is -2.34. The summed E-state index contributed by atoms with van der Waals surface area (Å²) < 4.78 is 23.2. The second-order valence-corrected chi connectivity index (χ2v) is 3.97. The Morgan fingerprint density at radius 1 is 1.27 bits per heavy atom. The highest BCUT2D eigenvalue weighted by atomic mass is 32.2. The van der Waals surface area contributed by atoms with Gasteiger partial charge in [0, 0.05) is 0 Å². The molecular weight excluding hydrogens is 168 g/mol. The van der Waals surface area contributed by atoms with Crippen LogP contribution in [0.15, 0.2) is 0 Å². The zero-order valence-corrected chi connectivity index (χ0v) is 7.94. The third-order valence-electron chi connectivity index (χ3n) is 1.75. The average molecular weight is 182 g/mol. The molecule has 0 saturated heterocycles. The summed E-state index contributed by atoms with van der Waals surface area (Å²) in [7, 11) is 0. The average Bonchev–Trinajstić information content (AvgIpc) is 1.56. The zero-order chi connectivity index (χ0) is 9.28. The summed E-state index contributed by atoms with van der Waals surface area (Å²) in [6, 6.07) is 0. The zero-order valence-electron chi connectivity index (χ0n) is 7.12. The molecule has 0 aliphatic rings. The molecule has 5 heteroatoms. The van der Waals surface area contributed by atoms with Crippen LogP contribution < -0.4 is 0 Å². The van der Waals surface area contributed by atoms with Crippen molar-refractivity contribution >= 4 is 11.4 Å². The van der Waals surface area contributed by atoms with Gasteiger partial charge in [-0.25, -0.2) is 0 Å². The van der Waals surface area contributed by atoms with Gasteiger partial charge in [-0.2, -0.15) is 4.21 Å². The standard InChI is InChI=1S/C6H14O4S/c1-5(2,7)6(3,4)10-11(8)9/h7H,1-4H3,(H,8,9). The van der Waals surface area contributed by atoms with Gasteiger partial charge in [-0.3, -0.25) is 8.74 Å². The highest BCUT2D eigenvalue weighted by molar-refractivity contribution is 7.74. The minimum Gasteiger partial charge on any atom is -0.387 e. The van der Waals surface area contributed by atoms with Crippen molar-refractivity contribution in [1.82, 2.24) is 0 Å². The van der Waals surface area contributed by atoms with E-state index in [-0.39, 0.29) is 0 Å². The first kappa shape index (κ1) is 11.0. The Hall–Kier alpha value is 0.0300. The van der Waals surface area contributed by atoms with Crippen molar-refractivity contribution in [3.05, 3.63) is 0 Å². The van der Waals surface area contributed by atoms with E-state index in [9.17, 15) is 9.32 Å². The molecular formula is C6H14O4S. The third-order valence-corrected chi connectivity index (χ3v) is 2.31. The van der Waals surface area contributed by atoms with Crippen LogP contribution in [-0.2, 0) is 15.5 Å². The fourth-order valence-electron chi connectivity index (χ4n) is 0.280. The van der Waals surface area contributed by atoms with Crippen molar-refractivity contribution in [2.24, 2.45) is 0 Å². The highest BCUT2D eigenvalue weighted by Crippen LogP contribution is 2.25. The summed E-state index contributed by atoms with van der Waals surface area (Å²) in [5.74, 6) is 0. The molecule has 0 aromatic heterocycles. The minimum absolute atomic E-state index is 1.04. The van der Waals surface area contributed by atoms with Crippen LogP contribution in [0.2, 0.25) is 0 Å². The molecule has 0 heterocycles. The summed E-state index contributed by atoms with van der Waals surface area (Å²) in [6.45, 7) is 6.11. The van der Waals surface area contributed by atoms with Gasteiger partial charge in [0.1, 0.15) is 5.60 Å². The lowest BCUT2D eigenvalue weighted by atomic mass is 9.90. The van der Waals surface area contributed by atoms with Crippen molar-refractivity contribution in [1.29, 1.82) is 0 Å². The predicted molar refractivity (Wildman–Crippen MR) is 42.2 cm³/mol. The van der Waals surface area contributed by atoms with E-state index in [4.69, 9.17) is 4.55 Å². The first-order valence-corrected chi connectivity index (χ1v) is 4.23. The first-order valence-electron chi connectivity index (χ1n) is 3.19. The maximum atomic E-state index is 10.2. The van der Waals surface area contributed by atoms with Gasteiger partial charge in [-0.05, 0) is 27.7 Å². The van der Waals surface area contributed by atoms with E-state index < -0.39 is 22.6 Å². The van der Waals surface area contributed by atoms with Crippen molar-refractivity contribution in [2.75, 3.05) is 0 Å². The van der Waals surface area contributed by atoms with Gasteiger partial charge in [0.25, 0.3) is 0 Å². The fourth-order valence-corrected chi connectivity index (χ4v) is 0.841. The maximum absolute atomic E-state index is 10.2. The molecule has 4 nitrogen and oxygen atoms in total. The Morgan fingerprint density at radius 3 is 1.73 bits per heavy atom. The molecule has 2 N–H and O–H groups in total. The second-order valence-electron chi connectivity index (χ2n) is 3.37. The number of aliphatic hydroxyl groups is 1. The molecule has 0 amide bonds. The Balaban J connectivity index is 4.34. The van der Waals surface area contributed by atoms with Crippen LogP contribution >= 0.6 is 0 Å². The van der Waals surface area contributed by atoms with Crippen LogP contribution in [0.1, 0.15) is 27.7 Å². The second kappa shape index (κ2) is 3.18. The molecule has 0 aromatic carbocycles. The van der Waals surface area contributed by atoms with Crippen LogP contribution in [0.25, 0.3) is 0 Å². The van der Waals surface area contributed by atoms with Crippen molar-refractivity contribution in [3.8, 4) is 0 Å². The molecule has 68 valence electrons. The number of hydrogen-bond acceptors (Lipinski definition) is 3. The lowest BCUT2D eigenvalue weighted by Crippen LogP contribution is -2.47. The molecule has 0 radical (unpaired) electrons. The molecule has 0 fully saturated rings. The van der Waals surface area contributed by atoms with E-state index in [0.717, 1.165) is 0 Å². The molecule has 0 saturated carbocycles. The summed E-state index contributed by atoms with van der Waals surface area (Å²) in [5.41, 5.74) is -2.18. The van der Waals surface area contributed by atoms with Crippen LogP contribution in [-0.4, -0.2) is 25.1 Å². The Kier molecular flexibility index (Phi) is 3.19. The molecule has 1 unspecified atom stereocenters. The van der Waals surface area contributed by atoms with Gasteiger partial charge in [0.2, 0.25) is 0 Å². The maximum Gasteiger partial charge on any atom is 0.302 e. The summed E-state index contributed by atoms with van der Waals surface area (Å²) in [5, 5.41) is 9.42. The van der Waals surface area contributed by atoms with E-state index in [1.54, 1.807) is 13.8 Å². The van der Waals surface area contributed by atoms with E-state index in [0.29, 0.717) is 0 Å². The lowest BCUT2D eigenvalue weighted by molar-refractivity contribution is -0.0880. The topological polar surface area (TPSA) is 66.8 Å². The summed E-state index contributed by atoms with van der Waals surface area (Å²) in [4.78, 5) is 0. The summed E-state index contributed by atoms with van der Waals surface area (Å²) in [6.07, 6.45) is 0. The quantitative estimate of drug-likeness (QED) is 0.630. The van der Waals surface area contributed by atoms with Crippen molar-refractivity contribution in [3.63, 3.8) is 0 Å². The van der Waals surface area contributed by atoms with Gasteiger partial charge < -0.3 is 5.11 Å². The van der Waals surface area contributed by atoms with Gasteiger partial charge in [0.05, 0.1) is 5.60 Å². The Bertz CT molecular complexity index is 158. The van der Waals surface area contributed by atoms with E-state index in [1.165, 1.54) is 13.8 Å². The number of rotatable bonds is 3. The monoisotopic (exact) mass is 182 g/mol. The molecule has 0 aliphatic carbocycles. The number of hydrogen-bond donors (Lipinski definition) is 2. The van der Waals surface area contributed by atoms with Gasteiger partial charge in [0.15, 0.2) is 0 Å². The largest absolute Gasteiger partial charge is 0.387 e. The van der Waals surface area contributed by atoms with E-state index in [1.807, 2.05) is 0 Å². The minimum atomic E-state index is -2.34. The normalized spacial score (nSPS) is 16.5. The van der Waals surface area contributed by atoms with Gasteiger partial charge in [-0.15, -0.1) is 0 Å². The van der Waals surface area contributed by atoms with Crippen molar-refractivity contribution in [2.45, 2.75) is 38.9 Å². The van der Waals surface area contributed by atoms with E-state index >= 15 is 0 Å². The molecule has 1 atom stereocenters. The molecule has 0 spiro atoms. The third kappa shape index (κ3) is 3.29. The van der Waals surface area contributed by atoms with Crippen LogP contribution in [0.4, 0.5) is 0 Å². The Labute approximate surface area is 69.1 Å². The van der Waals surface area contributed by atoms with Crippen LogP contribution in [0, 0.1) is 0 Å². The van der Waals surface area contributed by atoms with Crippen molar-refractivity contribution < 1.29 is 18.1 Å². The highest BCUT2D eigenvalue weighted by Gasteiger charge is 2.38. The van der Waals surface area contributed by atoms with Crippen LogP contribution in [0.5, 0.6) is 0 Å². The molecule has 0 bridgehead atoms. The fraction of sp³-hybridized carbons (Fsp3) is 1.00. The predicted octanol–water partition coefficient (Wildman–Crippen LogP) is 0.689. The molecule has 11 heavy (non-hydrogen) atoms.